The number of benzene rings is 1. The minimum atomic E-state index is 0.616. The standard InChI is InChI=1S/C11H12N4/c1-7-8(2)14-15-11(13-7)9-4-3-5-10(12)6-9/h3-6H,12H2,1-2H3. The van der Waals surface area contributed by atoms with Gasteiger partial charge in [-0.25, -0.2) is 4.98 Å². The summed E-state index contributed by atoms with van der Waals surface area (Å²) >= 11 is 0. The summed E-state index contributed by atoms with van der Waals surface area (Å²) in [4.78, 5) is 4.35. The van der Waals surface area contributed by atoms with E-state index < -0.39 is 0 Å². The molecule has 15 heavy (non-hydrogen) atoms. The van der Waals surface area contributed by atoms with Crippen LogP contribution in [0.2, 0.25) is 0 Å². The molecule has 0 fully saturated rings. The van der Waals surface area contributed by atoms with Crippen LogP contribution < -0.4 is 5.73 Å². The molecule has 0 saturated carbocycles. The first-order valence-electron chi connectivity index (χ1n) is 4.70. The van der Waals surface area contributed by atoms with Gasteiger partial charge in [0.25, 0.3) is 0 Å². The maximum absolute atomic E-state index is 5.69. The molecule has 0 unspecified atom stereocenters. The third-order valence-electron chi connectivity index (χ3n) is 2.24. The minimum absolute atomic E-state index is 0.616. The molecule has 2 N–H and O–H groups in total. The van der Waals surface area contributed by atoms with Crippen LogP contribution in [0.25, 0.3) is 11.4 Å². The molecule has 0 aliphatic carbocycles. The molecule has 4 nitrogen and oxygen atoms in total. The number of anilines is 1. The summed E-state index contributed by atoms with van der Waals surface area (Å²) < 4.78 is 0. The van der Waals surface area contributed by atoms with Crippen molar-refractivity contribution in [3.63, 3.8) is 0 Å². The fourth-order valence-corrected chi connectivity index (χ4v) is 1.26. The lowest BCUT2D eigenvalue weighted by Gasteiger charge is -2.02. The summed E-state index contributed by atoms with van der Waals surface area (Å²) in [7, 11) is 0. The van der Waals surface area contributed by atoms with Gasteiger partial charge in [-0.1, -0.05) is 12.1 Å². The molecule has 2 rings (SSSR count). The monoisotopic (exact) mass is 200 g/mol. The highest BCUT2D eigenvalue weighted by Gasteiger charge is 2.04. The van der Waals surface area contributed by atoms with Crippen molar-refractivity contribution in [1.82, 2.24) is 15.2 Å². The van der Waals surface area contributed by atoms with Gasteiger partial charge in [0.2, 0.25) is 0 Å². The summed E-state index contributed by atoms with van der Waals surface area (Å²) in [6, 6.07) is 7.47. The number of nitrogens with zero attached hydrogens (tertiary/aromatic N) is 3. The van der Waals surface area contributed by atoms with E-state index in [1.807, 2.05) is 38.1 Å². The van der Waals surface area contributed by atoms with Gasteiger partial charge in [-0.05, 0) is 26.0 Å². The Bertz CT molecular complexity index is 494. The average molecular weight is 200 g/mol. The van der Waals surface area contributed by atoms with E-state index in [-0.39, 0.29) is 0 Å². The second kappa shape index (κ2) is 3.65. The van der Waals surface area contributed by atoms with Crippen LogP contribution in [0.4, 0.5) is 5.69 Å². The topological polar surface area (TPSA) is 64.7 Å². The molecule has 0 bridgehead atoms. The van der Waals surface area contributed by atoms with E-state index in [1.54, 1.807) is 0 Å². The Balaban J connectivity index is 2.50. The number of hydrogen-bond donors (Lipinski definition) is 1. The number of rotatable bonds is 1. The molecule has 0 spiro atoms. The molecule has 1 aromatic carbocycles. The predicted octanol–water partition coefficient (Wildman–Crippen LogP) is 1.74. The summed E-state index contributed by atoms with van der Waals surface area (Å²) in [5.74, 6) is 0.616. The quantitative estimate of drug-likeness (QED) is 0.712. The van der Waals surface area contributed by atoms with Gasteiger partial charge in [0.1, 0.15) is 0 Å². The van der Waals surface area contributed by atoms with Crippen LogP contribution >= 0.6 is 0 Å². The highest BCUT2D eigenvalue weighted by molar-refractivity contribution is 5.60. The van der Waals surface area contributed by atoms with Crippen LogP contribution in [0.3, 0.4) is 0 Å². The fraction of sp³-hybridized carbons (Fsp3) is 0.182. The van der Waals surface area contributed by atoms with Crippen molar-refractivity contribution in [3.8, 4) is 11.4 Å². The number of nitrogen functional groups attached to an aromatic ring is 1. The molecule has 0 radical (unpaired) electrons. The highest BCUT2D eigenvalue weighted by Crippen LogP contribution is 2.17. The number of aromatic nitrogens is 3. The van der Waals surface area contributed by atoms with Gasteiger partial charge in [-0.15, -0.1) is 5.10 Å². The average Bonchev–Trinajstić information content (AvgIpc) is 2.22. The van der Waals surface area contributed by atoms with E-state index >= 15 is 0 Å². The molecule has 0 saturated heterocycles. The number of nitrogens with two attached hydrogens (primary N) is 1. The Morgan fingerprint density at radius 2 is 1.87 bits per heavy atom. The van der Waals surface area contributed by atoms with Crippen LogP contribution in [0.1, 0.15) is 11.4 Å². The Morgan fingerprint density at radius 3 is 2.53 bits per heavy atom. The van der Waals surface area contributed by atoms with Gasteiger partial charge >= 0.3 is 0 Å². The molecule has 76 valence electrons. The lowest BCUT2D eigenvalue weighted by molar-refractivity contribution is 0.905. The van der Waals surface area contributed by atoms with Crippen LogP contribution in [-0.2, 0) is 0 Å². The Kier molecular flexibility index (Phi) is 2.33. The summed E-state index contributed by atoms with van der Waals surface area (Å²) in [6.07, 6.45) is 0. The molecule has 0 aliphatic rings. The van der Waals surface area contributed by atoms with Crippen molar-refractivity contribution in [2.24, 2.45) is 0 Å². The predicted molar refractivity (Wildman–Crippen MR) is 59.1 cm³/mol. The molecule has 0 amide bonds. The van der Waals surface area contributed by atoms with Gasteiger partial charge in [0.05, 0.1) is 11.4 Å². The maximum atomic E-state index is 5.69. The Hall–Kier alpha value is -1.97. The van der Waals surface area contributed by atoms with Crippen molar-refractivity contribution < 1.29 is 0 Å². The summed E-state index contributed by atoms with van der Waals surface area (Å²) in [6.45, 7) is 3.80. The molecule has 2 aromatic rings. The van der Waals surface area contributed by atoms with Crippen LogP contribution in [0, 0.1) is 13.8 Å². The Morgan fingerprint density at radius 1 is 1.07 bits per heavy atom. The largest absolute Gasteiger partial charge is 0.399 e. The second-order valence-corrected chi connectivity index (χ2v) is 3.43. The lowest BCUT2D eigenvalue weighted by atomic mass is 10.2. The first-order valence-corrected chi connectivity index (χ1v) is 4.70. The van der Waals surface area contributed by atoms with Gasteiger partial charge in [0.15, 0.2) is 5.82 Å². The van der Waals surface area contributed by atoms with E-state index in [0.29, 0.717) is 11.5 Å². The summed E-state index contributed by atoms with van der Waals surface area (Å²) in [5.41, 5.74) is 9.03. The SMILES string of the molecule is Cc1nnc(-c2cccc(N)c2)nc1C. The minimum Gasteiger partial charge on any atom is -0.399 e. The van der Waals surface area contributed by atoms with E-state index in [0.717, 1.165) is 17.0 Å². The van der Waals surface area contributed by atoms with Gasteiger partial charge in [0, 0.05) is 11.3 Å². The lowest BCUT2D eigenvalue weighted by Crippen LogP contribution is -1.99. The zero-order valence-electron chi connectivity index (χ0n) is 8.73. The van der Waals surface area contributed by atoms with Gasteiger partial charge in [-0.2, -0.15) is 5.10 Å². The third-order valence-corrected chi connectivity index (χ3v) is 2.24. The highest BCUT2D eigenvalue weighted by atomic mass is 15.2. The van der Waals surface area contributed by atoms with Crippen LogP contribution in [0.5, 0.6) is 0 Å². The normalized spacial score (nSPS) is 10.3. The number of aryl methyl sites for hydroxylation is 2. The van der Waals surface area contributed by atoms with Gasteiger partial charge < -0.3 is 5.73 Å². The third kappa shape index (κ3) is 1.93. The van der Waals surface area contributed by atoms with Crippen molar-refractivity contribution in [3.05, 3.63) is 35.7 Å². The number of hydrogen-bond acceptors (Lipinski definition) is 4. The van der Waals surface area contributed by atoms with Crippen molar-refractivity contribution in [2.45, 2.75) is 13.8 Å². The second-order valence-electron chi connectivity index (χ2n) is 3.43. The zero-order chi connectivity index (χ0) is 10.8. The van der Waals surface area contributed by atoms with Crippen LogP contribution in [0.15, 0.2) is 24.3 Å². The first-order chi connectivity index (χ1) is 7.16. The van der Waals surface area contributed by atoms with Crippen LogP contribution in [-0.4, -0.2) is 15.2 Å². The molecule has 1 aromatic heterocycles. The van der Waals surface area contributed by atoms with Crippen molar-refractivity contribution in [1.29, 1.82) is 0 Å². The van der Waals surface area contributed by atoms with Crippen molar-refractivity contribution in [2.75, 3.05) is 5.73 Å². The fourth-order valence-electron chi connectivity index (χ4n) is 1.26. The summed E-state index contributed by atoms with van der Waals surface area (Å²) in [5, 5.41) is 8.07. The first kappa shape index (κ1) is 9.58. The molecule has 0 atom stereocenters. The van der Waals surface area contributed by atoms with E-state index in [1.165, 1.54) is 0 Å². The van der Waals surface area contributed by atoms with E-state index in [9.17, 15) is 0 Å². The van der Waals surface area contributed by atoms with Gasteiger partial charge in [-0.3, -0.25) is 0 Å². The van der Waals surface area contributed by atoms with Crippen molar-refractivity contribution >= 4 is 5.69 Å². The Labute approximate surface area is 88.2 Å². The zero-order valence-corrected chi connectivity index (χ0v) is 8.73. The molecule has 0 aliphatic heterocycles. The van der Waals surface area contributed by atoms with E-state index in [4.69, 9.17) is 5.73 Å². The molecular formula is C11H12N4. The molecule has 1 heterocycles. The molecular weight excluding hydrogens is 188 g/mol. The van der Waals surface area contributed by atoms with E-state index in [2.05, 4.69) is 15.2 Å². The smallest absolute Gasteiger partial charge is 0.182 e. The molecule has 4 heteroatoms. The maximum Gasteiger partial charge on any atom is 0.182 e.